The highest BCUT2D eigenvalue weighted by Gasteiger charge is 2.47. The maximum Gasteiger partial charge on any atom is 0.300 e. The number of methoxy groups -OCH3 is 2. The molecule has 1 amide bonds. The van der Waals surface area contributed by atoms with Crippen molar-refractivity contribution in [1.29, 1.82) is 0 Å². The van der Waals surface area contributed by atoms with Crippen LogP contribution in [-0.4, -0.2) is 31.0 Å². The van der Waals surface area contributed by atoms with E-state index in [0.29, 0.717) is 28.3 Å². The molecule has 1 fully saturated rings. The molecule has 0 spiro atoms. The van der Waals surface area contributed by atoms with Gasteiger partial charge in [-0.25, -0.2) is 4.39 Å². The molecule has 6 nitrogen and oxygen atoms in total. The number of carbonyl (C=O) groups excluding carboxylic acids is 2. The molecule has 0 aliphatic carbocycles. The van der Waals surface area contributed by atoms with Crippen molar-refractivity contribution in [3.8, 4) is 11.5 Å². The van der Waals surface area contributed by atoms with Crippen molar-refractivity contribution in [3.05, 3.63) is 94.3 Å². The van der Waals surface area contributed by atoms with Crippen molar-refractivity contribution >= 4 is 23.1 Å². The molecule has 1 aliphatic rings. The zero-order valence-electron chi connectivity index (χ0n) is 19.3. The van der Waals surface area contributed by atoms with Crippen LogP contribution in [0.25, 0.3) is 5.76 Å². The fraction of sp³-hybridized carbons (Fsp3) is 0.185. The highest BCUT2D eigenvalue weighted by atomic mass is 19.1. The number of ether oxygens (including phenoxy) is 2. The fourth-order valence-electron chi connectivity index (χ4n) is 4.35. The molecule has 3 aromatic carbocycles. The van der Waals surface area contributed by atoms with E-state index in [4.69, 9.17) is 9.47 Å². The Kier molecular flexibility index (Phi) is 6.11. The summed E-state index contributed by atoms with van der Waals surface area (Å²) in [5.41, 5.74) is 2.73. The number of halogens is 1. The van der Waals surface area contributed by atoms with Gasteiger partial charge in [-0.05, 0) is 73.0 Å². The maximum absolute atomic E-state index is 13.7. The molecule has 7 heteroatoms. The summed E-state index contributed by atoms with van der Waals surface area (Å²) < 4.78 is 24.4. The zero-order valence-corrected chi connectivity index (χ0v) is 19.3. The molecule has 1 saturated heterocycles. The number of aliphatic hydroxyl groups is 1. The van der Waals surface area contributed by atoms with Crippen LogP contribution < -0.4 is 14.4 Å². The lowest BCUT2D eigenvalue weighted by Crippen LogP contribution is -2.29. The van der Waals surface area contributed by atoms with E-state index in [1.807, 2.05) is 19.9 Å². The average Bonchev–Trinajstić information content (AvgIpc) is 3.09. The highest BCUT2D eigenvalue weighted by molar-refractivity contribution is 6.51. The van der Waals surface area contributed by atoms with E-state index in [9.17, 15) is 19.1 Å². The van der Waals surface area contributed by atoms with Crippen LogP contribution in [0.1, 0.15) is 28.3 Å². The van der Waals surface area contributed by atoms with E-state index in [2.05, 4.69) is 0 Å². The lowest BCUT2D eigenvalue weighted by Gasteiger charge is -2.26. The van der Waals surface area contributed by atoms with E-state index >= 15 is 0 Å². The Morgan fingerprint density at radius 2 is 1.59 bits per heavy atom. The summed E-state index contributed by atoms with van der Waals surface area (Å²) in [6.07, 6.45) is 0. The summed E-state index contributed by atoms with van der Waals surface area (Å²) in [6.45, 7) is 3.69. The first-order valence-corrected chi connectivity index (χ1v) is 10.6. The molecule has 0 bridgehead atoms. The number of hydrogen-bond donors (Lipinski definition) is 1. The number of Topliss-reactive ketones (excluding diaryl/α,β-unsaturated/α-hetero) is 1. The van der Waals surface area contributed by atoms with Gasteiger partial charge >= 0.3 is 0 Å². The lowest BCUT2D eigenvalue weighted by molar-refractivity contribution is -0.132. The number of rotatable bonds is 5. The van der Waals surface area contributed by atoms with E-state index in [0.717, 1.165) is 11.1 Å². The Balaban J connectivity index is 1.98. The molecule has 174 valence electrons. The largest absolute Gasteiger partial charge is 0.507 e. The van der Waals surface area contributed by atoms with Gasteiger partial charge < -0.3 is 14.6 Å². The third kappa shape index (κ3) is 3.90. The van der Waals surface area contributed by atoms with Crippen molar-refractivity contribution < 1.29 is 28.6 Å². The minimum absolute atomic E-state index is 0.101. The maximum atomic E-state index is 13.7. The number of hydrogen-bond acceptors (Lipinski definition) is 5. The summed E-state index contributed by atoms with van der Waals surface area (Å²) in [6, 6.07) is 14.7. The van der Waals surface area contributed by atoms with Crippen LogP contribution in [0.2, 0.25) is 0 Å². The van der Waals surface area contributed by atoms with Gasteiger partial charge in [-0.1, -0.05) is 18.2 Å². The Bertz CT molecular complexity index is 1300. The highest BCUT2D eigenvalue weighted by Crippen LogP contribution is 2.44. The average molecular weight is 461 g/mol. The summed E-state index contributed by atoms with van der Waals surface area (Å²) in [5, 5.41) is 11.4. The summed E-state index contributed by atoms with van der Waals surface area (Å²) >= 11 is 0. The minimum atomic E-state index is -0.973. The Morgan fingerprint density at radius 3 is 2.18 bits per heavy atom. The number of nitrogens with zero attached hydrogens (tertiary/aromatic N) is 1. The molecule has 0 saturated carbocycles. The lowest BCUT2D eigenvalue weighted by atomic mass is 9.93. The van der Waals surface area contributed by atoms with Gasteiger partial charge in [-0.3, -0.25) is 14.5 Å². The molecule has 1 N–H and O–H groups in total. The molecule has 1 aliphatic heterocycles. The quantitative estimate of drug-likeness (QED) is 0.326. The van der Waals surface area contributed by atoms with Crippen LogP contribution in [0.15, 0.2) is 66.2 Å². The Hall–Kier alpha value is -4.13. The molecule has 0 aromatic heterocycles. The van der Waals surface area contributed by atoms with E-state index in [1.165, 1.54) is 43.4 Å². The van der Waals surface area contributed by atoms with Gasteiger partial charge in [0.1, 0.15) is 23.1 Å². The second kappa shape index (κ2) is 9.02. The molecule has 3 aromatic rings. The predicted molar refractivity (Wildman–Crippen MR) is 127 cm³/mol. The number of ketones is 1. The molecular weight excluding hydrogens is 437 g/mol. The van der Waals surface area contributed by atoms with Gasteiger partial charge in [0.15, 0.2) is 0 Å². The van der Waals surface area contributed by atoms with Crippen LogP contribution in [0.5, 0.6) is 11.5 Å². The molecule has 0 radical (unpaired) electrons. The molecule has 34 heavy (non-hydrogen) atoms. The van der Waals surface area contributed by atoms with Crippen molar-refractivity contribution in [3.63, 3.8) is 0 Å². The number of amides is 1. The van der Waals surface area contributed by atoms with Crippen molar-refractivity contribution in [2.45, 2.75) is 19.9 Å². The first-order chi connectivity index (χ1) is 16.3. The smallest absolute Gasteiger partial charge is 0.300 e. The summed E-state index contributed by atoms with van der Waals surface area (Å²) in [7, 11) is 3.00. The first kappa shape index (κ1) is 23.0. The van der Waals surface area contributed by atoms with Gasteiger partial charge in [-0.2, -0.15) is 0 Å². The van der Waals surface area contributed by atoms with Gasteiger partial charge in [0.05, 0.1) is 31.4 Å². The molecule has 1 atom stereocenters. The molecule has 1 unspecified atom stereocenters. The Labute approximate surface area is 196 Å². The number of carbonyl (C=O) groups is 2. The normalized spacial score (nSPS) is 17.2. The van der Waals surface area contributed by atoms with Crippen LogP contribution in [-0.2, 0) is 9.59 Å². The van der Waals surface area contributed by atoms with Crippen LogP contribution in [0, 0.1) is 19.7 Å². The summed E-state index contributed by atoms with van der Waals surface area (Å²) in [5.74, 6) is -1.48. The zero-order chi connectivity index (χ0) is 24.6. The third-order valence-electron chi connectivity index (χ3n) is 5.86. The van der Waals surface area contributed by atoms with Crippen molar-refractivity contribution in [2.75, 3.05) is 19.1 Å². The number of aryl methyl sites for hydroxylation is 2. The van der Waals surface area contributed by atoms with Gasteiger partial charge in [0, 0.05) is 5.69 Å². The van der Waals surface area contributed by atoms with Gasteiger partial charge in [0.25, 0.3) is 11.7 Å². The van der Waals surface area contributed by atoms with Crippen molar-refractivity contribution in [1.82, 2.24) is 0 Å². The van der Waals surface area contributed by atoms with Gasteiger partial charge in [-0.15, -0.1) is 0 Å². The first-order valence-electron chi connectivity index (χ1n) is 10.6. The number of benzene rings is 3. The van der Waals surface area contributed by atoms with Crippen LogP contribution >= 0.6 is 0 Å². The van der Waals surface area contributed by atoms with Crippen LogP contribution in [0.4, 0.5) is 10.1 Å². The third-order valence-corrected chi connectivity index (χ3v) is 5.86. The van der Waals surface area contributed by atoms with E-state index in [-0.39, 0.29) is 11.3 Å². The molecular formula is C27H24FNO5. The fourth-order valence-corrected chi connectivity index (χ4v) is 4.35. The minimum Gasteiger partial charge on any atom is -0.507 e. The predicted octanol–water partition coefficient (Wildman–Crippen LogP) is 5.09. The molecule has 4 rings (SSSR count). The van der Waals surface area contributed by atoms with Gasteiger partial charge in [0.2, 0.25) is 0 Å². The monoisotopic (exact) mass is 461 g/mol. The SMILES string of the molecule is COc1ccc(N2C(=O)C(=O)/C(=C(/O)c3cc(C)cc(C)c3OC)C2c2ccc(F)cc2)cc1. The summed E-state index contributed by atoms with van der Waals surface area (Å²) in [4.78, 5) is 27.8. The second-order valence-corrected chi connectivity index (χ2v) is 8.08. The van der Waals surface area contributed by atoms with E-state index in [1.54, 1.807) is 30.3 Å². The number of anilines is 1. The second-order valence-electron chi connectivity index (χ2n) is 8.08. The van der Waals surface area contributed by atoms with E-state index < -0.39 is 23.5 Å². The topological polar surface area (TPSA) is 76.1 Å². The number of aliphatic hydroxyl groups excluding tert-OH is 1. The standard InChI is InChI=1S/C27H24FNO5/c1-15-13-16(2)26(34-4)21(14-15)24(30)22-23(17-5-7-18(28)8-6-17)29(27(32)25(22)31)19-9-11-20(33-3)12-10-19/h5-14,23,30H,1-4H3/b24-22+. The van der Waals surface area contributed by atoms with Crippen molar-refractivity contribution in [2.24, 2.45) is 0 Å². The molecule has 1 heterocycles. The van der Waals surface area contributed by atoms with Crippen LogP contribution in [0.3, 0.4) is 0 Å². The Morgan fingerprint density at radius 1 is 0.941 bits per heavy atom.